The molecule has 6 aliphatic rings. The topological polar surface area (TPSA) is 0 Å². The molecule has 0 N–H and O–H groups in total. The molecule has 0 aromatic heterocycles. The molecular weight excluding hydrogens is 204 g/mol. The Balaban J connectivity index is 1.59. The second-order valence-electron chi connectivity index (χ2n) is 8.23. The minimum atomic E-state index is 0.990. The first kappa shape index (κ1) is 8.77. The highest BCUT2D eigenvalue weighted by molar-refractivity contribution is 5.21. The Labute approximate surface area is 104 Å². The van der Waals surface area contributed by atoms with E-state index < -0.39 is 0 Å². The Morgan fingerprint density at radius 1 is 0.588 bits per heavy atom. The van der Waals surface area contributed by atoms with Crippen molar-refractivity contribution in [2.24, 2.45) is 59.2 Å². The Hall–Kier alpha value is -0.260. The predicted octanol–water partition coefficient (Wildman–Crippen LogP) is 3.74. The maximum Gasteiger partial charge on any atom is -0.0194 e. The van der Waals surface area contributed by atoms with Gasteiger partial charge < -0.3 is 0 Å². The standard InChI is InChI=1S/C17H22/c1-2-9-3-8(1)4-10-7-14-15(9)12-5-11-6-13(12)16(10)17(11)14/h1-2,8-17H,3-7H2. The maximum absolute atomic E-state index is 2.66. The average Bonchev–Trinajstić information content (AvgIpc) is 3.04. The van der Waals surface area contributed by atoms with E-state index in [1.807, 2.05) is 0 Å². The van der Waals surface area contributed by atoms with Crippen LogP contribution in [-0.4, -0.2) is 0 Å². The molecule has 0 aromatic carbocycles. The van der Waals surface area contributed by atoms with Gasteiger partial charge in [0.15, 0.2) is 0 Å². The van der Waals surface area contributed by atoms with E-state index in [0.717, 1.165) is 23.7 Å². The molecule has 0 radical (unpaired) electrons. The Bertz CT molecular complexity index is 422. The number of rotatable bonds is 0. The molecule has 6 aliphatic carbocycles. The molecule has 6 rings (SSSR count). The first-order valence-corrected chi connectivity index (χ1v) is 8.08. The number of fused-ring (bicyclic) bond motifs is 6. The summed E-state index contributed by atoms with van der Waals surface area (Å²) in [7, 11) is 0. The van der Waals surface area contributed by atoms with Crippen molar-refractivity contribution < 1.29 is 0 Å². The van der Waals surface area contributed by atoms with E-state index in [1.165, 1.54) is 35.5 Å². The van der Waals surface area contributed by atoms with E-state index in [4.69, 9.17) is 0 Å². The van der Waals surface area contributed by atoms with Crippen LogP contribution in [0.25, 0.3) is 0 Å². The zero-order valence-electron chi connectivity index (χ0n) is 10.5. The predicted molar refractivity (Wildman–Crippen MR) is 67.1 cm³/mol. The van der Waals surface area contributed by atoms with Crippen LogP contribution < -0.4 is 0 Å². The lowest BCUT2D eigenvalue weighted by molar-refractivity contribution is -0.0139. The second-order valence-corrected chi connectivity index (χ2v) is 8.23. The molecule has 0 saturated heterocycles. The summed E-state index contributed by atoms with van der Waals surface area (Å²) < 4.78 is 0. The Morgan fingerprint density at radius 2 is 1.29 bits per heavy atom. The van der Waals surface area contributed by atoms with Crippen LogP contribution in [0.2, 0.25) is 0 Å². The third-order valence-electron chi connectivity index (χ3n) is 8.09. The van der Waals surface area contributed by atoms with Crippen LogP contribution in [0.4, 0.5) is 0 Å². The lowest BCUT2D eigenvalue weighted by Crippen LogP contribution is -2.45. The van der Waals surface area contributed by atoms with Gasteiger partial charge >= 0.3 is 0 Å². The van der Waals surface area contributed by atoms with Gasteiger partial charge in [-0.25, -0.2) is 0 Å². The molecule has 5 saturated carbocycles. The van der Waals surface area contributed by atoms with Crippen molar-refractivity contribution in [3.05, 3.63) is 12.2 Å². The van der Waals surface area contributed by atoms with Gasteiger partial charge in [-0.15, -0.1) is 0 Å². The van der Waals surface area contributed by atoms with E-state index in [-0.39, 0.29) is 0 Å². The minimum Gasteiger partial charge on any atom is -0.0851 e. The summed E-state index contributed by atoms with van der Waals surface area (Å²) in [5, 5.41) is 0. The lowest BCUT2D eigenvalue weighted by atomic mass is 9.55. The maximum atomic E-state index is 2.66. The van der Waals surface area contributed by atoms with E-state index in [9.17, 15) is 0 Å². The van der Waals surface area contributed by atoms with Gasteiger partial charge in [-0.3, -0.25) is 0 Å². The largest absolute Gasteiger partial charge is 0.0851 e. The van der Waals surface area contributed by atoms with Crippen molar-refractivity contribution in [1.82, 2.24) is 0 Å². The smallest absolute Gasteiger partial charge is 0.0194 e. The van der Waals surface area contributed by atoms with E-state index >= 15 is 0 Å². The monoisotopic (exact) mass is 226 g/mol. The van der Waals surface area contributed by atoms with Crippen molar-refractivity contribution in [2.45, 2.75) is 32.1 Å². The highest BCUT2D eigenvalue weighted by atomic mass is 14.7. The zero-order chi connectivity index (χ0) is 10.7. The molecule has 0 nitrogen and oxygen atoms in total. The van der Waals surface area contributed by atoms with Crippen LogP contribution in [0.5, 0.6) is 0 Å². The summed E-state index contributed by atoms with van der Waals surface area (Å²) in [4.78, 5) is 0. The summed E-state index contributed by atoms with van der Waals surface area (Å²) in [5.74, 6) is 11.5. The molecule has 0 aromatic rings. The first-order valence-electron chi connectivity index (χ1n) is 8.08. The van der Waals surface area contributed by atoms with Crippen LogP contribution in [-0.2, 0) is 0 Å². The van der Waals surface area contributed by atoms with Crippen LogP contribution in [0.1, 0.15) is 32.1 Å². The number of hydrogen-bond donors (Lipinski definition) is 0. The summed E-state index contributed by atoms with van der Waals surface area (Å²) in [5.41, 5.74) is 0. The molecular formula is C17H22. The van der Waals surface area contributed by atoms with Crippen LogP contribution >= 0.6 is 0 Å². The van der Waals surface area contributed by atoms with Crippen molar-refractivity contribution in [3.63, 3.8) is 0 Å². The molecule has 0 spiro atoms. The third kappa shape index (κ3) is 0.805. The van der Waals surface area contributed by atoms with E-state index in [1.54, 1.807) is 32.1 Å². The molecule has 0 heterocycles. The van der Waals surface area contributed by atoms with Crippen molar-refractivity contribution >= 4 is 0 Å². The summed E-state index contributed by atoms with van der Waals surface area (Å²) in [6.07, 6.45) is 13.3. The highest BCUT2D eigenvalue weighted by Gasteiger charge is 2.69. The summed E-state index contributed by atoms with van der Waals surface area (Å²) in [6, 6.07) is 0. The summed E-state index contributed by atoms with van der Waals surface area (Å²) in [6.45, 7) is 0. The fourth-order valence-electron chi connectivity index (χ4n) is 8.18. The van der Waals surface area contributed by atoms with Gasteiger partial charge in [0, 0.05) is 0 Å². The van der Waals surface area contributed by atoms with Gasteiger partial charge in [0.2, 0.25) is 0 Å². The highest BCUT2D eigenvalue weighted by Crippen LogP contribution is 2.75. The minimum absolute atomic E-state index is 0.990. The molecule has 0 amide bonds. The van der Waals surface area contributed by atoms with Crippen molar-refractivity contribution in [3.8, 4) is 0 Å². The molecule has 0 aliphatic heterocycles. The van der Waals surface area contributed by atoms with Gasteiger partial charge in [0.05, 0.1) is 0 Å². The molecule has 10 unspecified atom stereocenters. The lowest BCUT2D eigenvalue weighted by Gasteiger charge is -2.50. The van der Waals surface area contributed by atoms with E-state index in [2.05, 4.69) is 12.2 Å². The van der Waals surface area contributed by atoms with Crippen LogP contribution in [0.3, 0.4) is 0 Å². The number of allylic oxidation sites excluding steroid dienone is 2. The first-order chi connectivity index (χ1) is 8.40. The Morgan fingerprint density at radius 3 is 2.24 bits per heavy atom. The van der Waals surface area contributed by atoms with E-state index in [0.29, 0.717) is 0 Å². The molecule has 8 bridgehead atoms. The Kier molecular flexibility index (Phi) is 1.31. The van der Waals surface area contributed by atoms with Gasteiger partial charge in [0.25, 0.3) is 0 Å². The fourth-order valence-corrected chi connectivity index (χ4v) is 8.18. The third-order valence-corrected chi connectivity index (χ3v) is 8.09. The SMILES string of the molecule is C1=CC2CC1CC1CC3C2C2CC4CC2C1C43. The van der Waals surface area contributed by atoms with Crippen molar-refractivity contribution in [2.75, 3.05) is 0 Å². The molecule has 0 heteroatoms. The average molecular weight is 226 g/mol. The van der Waals surface area contributed by atoms with Gasteiger partial charge in [-0.1, -0.05) is 12.2 Å². The van der Waals surface area contributed by atoms with Gasteiger partial charge in [-0.05, 0) is 91.3 Å². The van der Waals surface area contributed by atoms with Crippen molar-refractivity contribution in [1.29, 1.82) is 0 Å². The zero-order valence-corrected chi connectivity index (χ0v) is 10.5. The normalized spacial score (nSPS) is 72.5. The second kappa shape index (κ2) is 2.53. The summed E-state index contributed by atoms with van der Waals surface area (Å²) >= 11 is 0. The van der Waals surface area contributed by atoms with Gasteiger partial charge in [-0.2, -0.15) is 0 Å². The molecule has 17 heavy (non-hydrogen) atoms. The van der Waals surface area contributed by atoms with Crippen LogP contribution in [0, 0.1) is 59.2 Å². The number of hydrogen-bond acceptors (Lipinski definition) is 0. The molecule has 5 fully saturated rings. The van der Waals surface area contributed by atoms with Gasteiger partial charge in [0.1, 0.15) is 0 Å². The fraction of sp³-hybridized carbons (Fsp3) is 0.882. The molecule has 10 atom stereocenters. The molecule has 90 valence electrons. The quantitative estimate of drug-likeness (QED) is 0.552. The van der Waals surface area contributed by atoms with Crippen LogP contribution in [0.15, 0.2) is 12.2 Å².